The molecular formula is C12H24N2. The minimum Gasteiger partial charge on any atom is -0.312 e. The minimum atomic E-state index is 0.813. The van der Waals surface area contributed by atoms with Crippen LogP contribution < -0.4 is 5.32 Å². The van der Waals surface area contributed by atoms with Crippen molar-refractivity contribution >= 4 is 0 Å². The molecular weight excluding hydrogens is 172 g/mol. The van der Waals surface area contributed by atoms with Gasteiger partial charge in [0.15, 0.2) is 0 Å². The summed E-state index contributed by atoms with van der Waals surface area (Å²) in [5.41, 5.74) is 0. The Morgan fingerprint density at radius 1 is 1.43 bits per heavy atom. The fraction of sp³-hybridized carbons (Fsp3) is 1.00. The van der Waals surface area contributed by atoms with Gasteiger partial charge in [0.05, 0.1) is 0 Å². The summed E-state index contributed by atoms with van der Waals surface area (Å²) in [6, 6.07) is 0.813. The number of likely N-dealkylation sites (tertiary alicyclic amines) is 1. The van der Waals surface area contributed by atoms with Crippen molar-refractivity contribution in [2.24, 2.45) is 11.8 Å². The summed E-state index contributed by atoms with van der Waals surface area (Å²) in [6.07, 6.45) is 4.16. The van der Waals surface area contributed by atoms with E-state index in [0.717, 1.165) is 17.9 Å². The van der Waals surface area contributed by atoms with Crippen LogP contribution in [0.2, 0.25) is 0 Å². The third-order valence-electron chi connectivity index (χ3n) is 3.94. The highest BCUT2D eigenvalue weighted by molar-refractivity contribution is 4.91. The van der Waals surface area contributed by atoms with Crippen molar-refractivity contribution in [2.45, 2.75) is 39.2 Å². The van der Waals surface area contributed by atoms with Crippen molar-refractivity contribution in [3.63, 3.8) is 0 Å². The molecule has 0 aromatic carbocycles. The molecule has 2 heteroatoms. The van der Waals surface area contributed by atoms with E-state index in [-0.39, 0.29) is 0 Å². The number of piperidine rings is 1. The summed E-state index contributed by atoms with van der Waals surface area (Å²) < 4.78 is 0. The number of hydrogen-bond donors (Lipinski definition) is 1. The second-order valence-corrected chi connectivity index (χ2v) is 5.19. The molecule has 2 heterocycles. The van der Waals surface area contributed by atoms with Gasteiger partial charge in [-0.15, -0.1) is 0 Å². The predicted octanol–water partition coefficient (Wildman–Crippen LogP) is 1.72. The van der Waals surface area contributed by atoms with E-state index in [9.17, 15) is 0 Å². The summed E-state index contributed by atoms with van der Waals surface area (Å²) in [7, 11) is 0. The molecule has 0 spiro atoms. The van der Waals surface area contributed by atoms with Gasteiger partial charge in [0, 0.05) is 25.7 Å². The van der Waals surface area contributed by atoms with Crippen LogP contribution in [0.1, 0.15) is 33.1 Å². The van der Waals surface area contributed by atoms with Crippen molar-refractivity contribution in [3.05, 3.63) is 0 Å². The minimum absolute atomic E-state index is 0.813. The van der Waals surface area contributed by atoms with Crippen LogP contribution in [-0.2, 0) is 0 Å². The third kappa shape index (κ3) is 2.29. The maximum Gasteiger partial charge on any atom is 0.0235 e. The van der Waals surface area contributed by atoms with Crippen LogP contribution in [0, 0.1) is 11.8 Å². The molecule has 2 nitrogen and oxygen atoms in total. The van der Waals surface area contributed by atoms with Crippen LogP contribution in [-0.4, -0.2) is 37.1 Å². The lowest BCUT2D eigenvalue weighted by Gasteiger charge is -2.24. The van der Waals surface area contributed by atoms with Crippen molar-refractivity contribution in [1.82, 2.24) is 10.2 Å². The molecule has 0 aromatic rings. The van der Waals surface area contributed by atoms with Crippen LogP contribution in [0.4, 0.5) is 0 Å². The monoisotopic (exact) mass is 196 g/mol. The average molecular weight is 196 g/mol. The second-order valence-electron chi connectivity index (χ2n) is 5.19. The smallest absolute Gasteiger partial charge is 0.0235 e. The molecule has 2 rings (SSSR count). The number of nitrogens with zero attached hydrogens (tertiary/aromatic N) is 1. The predicted molar refractivity (Wildman–Crippen MR) is 60.4 cm³/mol. The van der Waals surface area contributed by atoms with Gasteiger partial charge < -0.3 is 10.2 Å². The summed E-state index contributed by atoms with van der Waals surface area (Å²) in [6.45, 7) is 9.88. The largest absolute Gasteiger partial charge is 0.312 e. The van der Waals surface area contributed by atoms with Crippen LogP contribution in [0.5, 0.6) is 0 Å². The first-order valence-electron chi connectivity index (χ1n) is 6.25. The molecule has 2 fully saturated rings. The summed E-state index contributed by atoms with van der Waals surface area (Å²) in [5, 5.41) is 3.66. The highest BCUT2D eigenvalue weighted by Crippen LogP contribution is 2.25. The lowest BCUT2D eigenvalue weighted by atomic mass is 9.94. The van der Waals surface area contributed by atoms with Gasteiger partial charge in [-0.05, 0) is 31.2 Å². The number of rotatable bonds is 3. The van der Waals surface area contributed by atoms with E-state index in [1.165, 1.54) is 45.4 Å². The molecule has 0 aliphatic carbocycles. The first-order valence-corrected chi connectivity index (χ1v) is 6.25. The Hall–Kier alpha value is -0.0800. The lowest BCUT2D eigenvalue weighted by molar-refractivity contribution is 0.272. The zero-order valence-corrected chi connectivity index (χ0v) is 9.63. The van der Waals surface area contributed by atoms with Gasteiger partial charge in [0.1, 0.15) is 0 Å². The normalized spacial score (nSPS) is 35.6. The van der Waals surface area contributed by atoms with E-state index < -0.39 is 0 Å². The van der Waals surface area contributed by atoms with Crippen molar-refractivity contribution in [1.29, 1.82) is 0 Å². The van der Waals surface area contributed by atoms with Gasteiger partial charge >= 0.3 is 0 Å². The Bertz CT molecular complexity index is 167. The molecule has 0 saturated carbocycles. The maximum atomic E-state index is 3.66. The van der Waals surface area contributed by atoms with Gasteiger partial charge in [-0.1, -0.05) is 20.3 Å². The Morgan fingerprint density at radius 2 is 2.29 bits per heavy atom. The van der Waals surface area contributed by atoms with Crippen LogP contribution in [0.3, 0.4) is 0 Å². The number of hydrogen-bond acceptors (Lipinski definition) is 2. The van der Waals surface area contributed by atoms with E-state index in [1.54, 1.807) is 0 Å². The second kappa shape index (κ2) is 4.63. The van der Waals surface area contributed by atoms with E-state index in [4.69, 9.17) is 0 Å². The Kier molecular flexibility index (Phi) is 3.45. The first kappa shape index (κ1) is 10.4. The zero-order chi connectivity index (χ0) is 9.97. The Labute approximate surface area is 88.1 Å². The number of nitrogens with one attached hydrogen (secondary N) is 1. The molecule has 0 radical (unpaired) electrons. The fourth-order valence-corrected chi connectivity index (χ4v) is 2.86. The summed E-state index contributed by atoms with van der Waals surface area (Å²) in [4.78, 5) is 2.67. The molecule has 0 aromatic heterocycles. The SMILES string of the molecule is CCC(C)CN1C[C@@H]2CCCN[C@@H]2C1. The Balaban J connectivity index is 1.80. The molecule has 0 bridgehead atoms. The van der Waals surface area contributed by atoms with Gasteiger partial charge in [-0.3, -0.25) is 0 Å². The van der Waals surface area contributed by atoms with Crippen LogP contribution in [0.25, 0.3) is 0 Å². The fourth-order valence-electron chi connectivity index (χ4n) is 2.86. The highest BCUT2D eigenvalue weighted by atomic mass is 15.2. The van der Waals surface area contributed by atoms with Crippen LogP contribution in [0.15, 0.2) is 0 Å². The molecule has 2 saturated heterocycles. The van der Waals surface area contributed by atoms with Crippen LogP contribution >= 0.6 is 0 Å². The topological polar surface area (TPSA) is 15.3 Å². The zero-order valence-electron chi connectivity index (χ0n) is 9.63. The van der Waals surface area contributed by atoms with E-state index >= 15 is 0 Å². The number of fused-ring (bicyclic) bond motifs is 1. The lowest BCUT2D eigenvalue weighted by Crippen LogP contribution is -2.40. The molecule has 1 N–H and O–H groups in total. The molecule has 0 amide bonds. The van der Waals surface area contributed by atoms with Gasteiger partial charge in [-0.25, -0.2) is 0 Å². The highest BCUT2D eigenvalue weighted by Gasteiger charge is 2.34. The molecule has 1 unspecified atom stereocenters. The van der Waals surface area contributed by atoms with Crippen molar-refractivity contribution in [2.75, 3.05) is 26.2 Å². The van der Waals surface area contributed by atoms with Gasteiger partial charge in [0.2, 0.25) is 0 Å². The van der Waals surface area contributed by atoms with Gasteiger partial charge in [-0.2, -0.15) is 0 Å². The van der Waals surface area contributed by atoms with Crippen molar-refractivity contribution < 1.29 is 0 Å². The standard InChI is InChI=1S/C12H24N2/c1-3-10(2)7-14-8-11-5-4-6-13-12(11)9-14/h10-13H,3-9H2,1-2H3/t10?,11-,12+/m0/s1. The van der Waals surface area contributed by atoms with E-state index in [2.05, 4.69) is 24.1 Å². The van der Waals surface area contributed by atoms with E-state index in [1.807, 2.05) is 0 Å². The molecule has 2 aliphatic heterocycles. The average Bonchev–Trinajstić information content (AvgIpc) is 2.59. The molecule has 82 valence electrons. The van der Waals surface area contributed by atoms with E-state index in [0.29, 0.717) is 0 Å². The van der Waals surface area contributed by atoms with Crippen molar-refractivity contribution in [3.8, 4) is 0 Å². The molecule has 2 aliphatic rings. The maximum absolute atomic E-state index is 3.66. The summed E-state index contributed by atoms with van der Waals surface area (Å²) >= 11 is 0. The Morgan fingerprint density at radius 3 is 3.00 bits per heavy atom. The third-order valence-corrected chi connectivity index (χ3v) is 3.94. The molecule has 3 atom stereocenters. The quantitative estimate of drug-likeness (QED) is 0.739. The first-order chi connectivity index (χ1) is 6.79. The summed E-state index contributed by atoms with van der Waals surface area (Å²) in [5.74, 6) is 1.82. The van der Waals surface area contributed by atoms with Gasteiger partial charge in [0.25, 0.3) is 0 Å². The molecule has 14 heavy (non-hydrogen) atoms.